The summed E-state index contributed by atoms with van der Waals surface area (Å²) in [5, 5.41) is 3.50. The maximum Gasteiger partial charge on any atom is 0.0312 e. The van der Waals surface area contributed by atoms with Gasteiger partial charge in [-0.05, 0) is 24.6 Å². The molecule has 1 aliphatic rings. The van der Waals surface area contributed by atoms with Crippen LogP contribution in [0.2, 0.25) is 0 Å². The molecule has 82 valence electrons. The molecule has 1 saturated heterocycles. The number of hydrogen-bond donors (Lipinski definition) is 1. The molecule has 0 aliphatic carbocycles. The van der Waals surface area contributed by atoms with E-state index in [1.165, 1.54) is 25.1 Å². The van der Waals surface area contributed by atoms with E-state index in [2.05, 4.69) is 28.2 Å². The highest BCUT2D eigenvalue weighted by molar-refractivity contribution is 5.08. The third-order valence-electron chi connectivity index (χ3n) is 2.89. The third-order valence-corrected chi connectivity index (χ3v) is 2.89. The molecule has 3 heteroatoms. The first-order valence-corrected chi connectivity index (χ1v) is 5.73. The summed E-state index contributed by atoms with van der Waals surface area (Å²) < 4.78 is 0. The van der Waals surface area contributed by atoms with Crippen molar-refractivity contribution >= 4 is 0 Å². The lowest BCUT2D eigenvalue weighted by Crippen LogP contribution is -2.32. The predicted molar refractivity (Wildman–Crippen MR) is 61.6 cm³/mol. The zero-order chi connectivity index (χ0) is 10.5. The Bertz CT molecular complexity index is 286. The largest absolute Gasteiger partial charge is 0.313 e. The molecule has 1 aromatic heterocycles. The van der Waals surface area contributed by atoms with E-state index in [0.29, 0.717) is 6.04 Å². The maximum atomic E-state index is 4.14. The molecule has 0 radical (unpaired) electrons. The van der Waals surface area contributed by atoms with Crippen molar-refractivity contribution in [2.24, 2.45) is 0 Å². The van der Waals surface area contributed by atoms with E-state index in [-0.39, 0.29) is 0 Å². The van der Waals surface area contributed by atoms with Crippen molar-refractivity contribution < 1.29 is 0 Å². The molecule has 1 unspecified atom stereocenters. The van der Waals surface area contributed by atoms with Gasteiger partial charge in [0.25, 0.3) is 0 Å². The first-order chi connectivity index (χ1) is 7.38. The highest BCUT2D eigenvalue weighted by atomic mass is 15.2. The van der Waals surface area contributed by atoms with E-state index in [4.69, 9.17) is 0 Å². The van der Waals surface area contributed by atoms with E-state index < -0.39 is 0 Å². The summed E-state index contributed by atoms with van der Waals surface area (Å²) in [6.07, 6.45) is 5.06. The fourth-order valence-electron chi connectivity index (χ4n) is 2.18. The zero-order valence-electron chi connectivity index (χ0n) is 9.32. The van der Waals surface area contributed by atoms with Gasteiger partial charge in [-0.1, -0.05) is 13.0 Å². The molecule has 3 nitrogen and oxygen atoms in total. The first-order valence-electron chi connectivity index (χ1n) is 5.73. The summed E-state index contributed by atoms with van der Waals surface area (Å²) in [7, 11) is 0. The van der Waals surface area contributed by atoms with E-state index in [9.17, 15) is 0 Å². The van der Waals surface area contributed by atoms with Crippen molar-refractivity contribution in [2.45, 2.75) is 25.9 Å². The minimum Gasteiger partial charge on any atom is -0.313 e. The number of pyridine rings is 1. The summed E-state index contributed by atoms with van der Waals surface area (Å²) in [5.41, 5.74) is 1.31. The van der Waals surface area contributed by atoms with Gasteiger partial charge in [-0.25, -0.2) is 0 Å². The molecule has 0 saturated carbocycles. The predicted octanol–water partition coefficient (Wildman–Crippen LogP) is 1.27. The van der Waals surface area contributed by atoms with Crippen molar-refractivity contribution in [2.75, 3.05) is 19.6 Å². The van der Waals surface area contributed by atoms with E-state index in [1.807, 2.05) is 18.5 Å². The van der Waals surface area contributed by atoms with Crippen LogP contribution in [0.15, 0.2) is 24.5 Å². The number of nitrogens with one attached hydrogen (secondary N) is 1. The highest BCUT2D eigenvalue weighted by Crippen LogP contribution is 2.12. The van der Waals surface area contributed by atoms with Gasteiger partial charge in [0.2, 0.25) is 0 Å². The van der Waals surface area contributed by atoms with Crippen LogP contribution in [-0.4, -0.2) is 35.6 Å². The van der Waals surface area contributed by atoms with Crippen LogP contribution in [0.5, 0.6) is 0 Å². The van der Waals surface area contributed by atoms with Gasteiger partial charge in [0.05, 0.1) is 0 Å². The Labute approximate surface area is 91.5 Å². The second-order valence-electron chi connectivity index (χ2n) is 4.14. The number of aromatic nitrogens is 1. The van der Waals surface area contributed by atoms with E-state index >= 15 is 0 Å². The fraction of sp³-hybridized carbons (Fsp3) is 0.583. The molecule has 0 spiro atoms. The zero-order valence-corrected chi connectivity index (χ0v) is 9.32. The topological polar surface area (TPSA) is 28.2 Å². The molecule has 1 aliphatic heterocycles. The van der Waals surface area contributed by atoms with Gasteiger partial charge in [-0.15, -0.1) is 0 Å². The van der Waals surface area contributed by atoms with Gasteiger partial charge in [-0.2, -0.15) is 0 Å². The second-order valence-corrected chi connectivity index (χ2v) is 4.14. The lowest BCUT2D eigenvalue weighted by atomic mass is 10.2. The van der Waals surface area contributed by atoms with Crippen molar-refractivity contribution in [1.29, 1.82) is 0 Å². The molecule has 0 aromatic carbocycles. The van der Waals surface area contributed by atoms with Crippen LogP contribution in [0.1, 0.15) is 18.9 Å². The second kappa shape index (κ2) is 5.24. The summed E-state index contributed by atoms with van der Waals surface area (Å²) in [6.45, 7) is 6.65. The van der Waals surface area contributed by atoms with Gasteiger partial charge in [0.15, 0.2) is 0 Å². The number of likely N-dealkylation sites (N-methyl/N-ethyl adjacent to an activating group) is 1. The normalized spacial score (nSPS) is 22.1. The number of rotatable bonds is 4. The molecule has 1 atom stereocenters. The molecular formula is C12H19N3. The third kappa shape index (κ3) is 3.01. The summed E-state index contributed by atoms with van der Waals surface area (Å²) in [6, 6.07) is 4.84. The minimum absolute atomic E-state index is 0.687. The van der Waals surface area contributed by atoms with Crippen LogP contribution in [0, 0.1) is 0 Å². The van der Waals surface area contributed by atoms with Crippen LogP contribution in [-0.2, 0) is 6.54 Å². The highest BCUT2D eigenvalue weighted by Gasteiger charge is 2.21. The molecule has 1 fully saturated rings. The molecule has 15 heavy (non-hydrogen) atoms. The summed E-state index contributed by atoms with van der Waals surface area (Å²) in [5.74, 6) is 0. The molecule has 0 amide bonds. The van der Waals surface area contributed by atoms with Crippen LogP contribution >= 0.6 is 0 Å². The van der Waals surface area contributed by atoms with Gasteiger partial charge in [0, 0.05) is 38.1 Å². The van der Waals surface area contributed by atoms with Gasteiger partial charge < -0.3 is 5.32 Å². The Balaban J connectivity index is 1.82. The summed E-state index contributed by atoms with van der Waals surface area (Å²) in [4.78, 5) is 6.63. The Kier molecular flexibility index (Phi) is 3.69. The molecule has 1 aromatic rings. The number of nitrogens with zero attached hydrogens (tertiary/aromatic N) is 2. The Morgan fingerprint density at radius 2 is 2.53 bits per heavy atom. The lowest BCUT2D eigenvalue weighted by molar-refractivity contribution is 0.320. The van der Waals surface area contributed by atoms with Gasteiger partial charge in [0.1, 0.15) is 0 Å². The van der Waals surface area contributed by atoms with Crippen molar-refractivity contribution in [3.05, 3.63) is 30.1 Å². The molecular weight excluding hydrogens is 186 g/mol. The Morgan fingerprint density at radius 3 is 3.27 bits per heavy atom. The Hall–Kier alpha value is -0.930. The van der Waals surface area contributed by atoms with E-state index in [0.717, 1.165) is 13.1 Å². The SMILES string of the molecule is CCNC1CCN(Cc2cccnc2)C1. The van der Waals surface area contributed by atoms with Gasteiger partial charge in [-0.3, -0.25) is 9.88 Å². The minimum atomic E-state index is 0.687. The van der Waals surface area contributed by atoms with E-state index in [1.54, 1.807) is 0 Å². The van der Waals surface area contributed by atoms with Crippen LogP contribution < -0.4 is 5.32 Å². The molecule has 0 bridgehead atoms. The smallest absolute Gasteiger partial charge is 0.0312 e. The van der Waals surface area contributed by atoms with Crippen molar-refractivity contribution in [1.82, 2.24) is 15.2 Å². The Morgan fingerprint density at radius 1 is 1.60 bits per heavy atom. The molecule has 1 N–H and O–H groups in total. The molecule has 2 rings (SSSR count). The summed E-state index contributed by atoms with van der Waals surface area (Å²) >= 11 is 0. The van der Waals surface area contributed by atoms with Gasteiger partial charge >= 0.3 is 0 Å². The fourth-order valence-corrected chi connectivity index (χ4v) is 2.18. The monoisotopic (exact) mass is 205 g/mol. The van der Waals surface area contributed by atoms with Crippen molar-refractivity contribution in [3.8, 4) is 0 Å². The van der Waals surface area contributed by atoms with Crippen LogP contribution in [0.4, 0.5) is 0 Å². The average Bonchev–Trinajstić information content (AvgIpc) is 2.68. The number of hydrogen-bond acceptors (Lipinski definition) is 3. The van der Waals surface area contributed by atoms with Crippen molar-refractivity contribution in [3.63, 3.8) is 0 Å². The molecule has 2 heterocycles. The first kappa shape index (κ1) is 10.6. The van der Waals surface area contributed by atoms with Crippen LogP contribution in [0.25, 0.3) is 0 Å². The standard InChI is InChI=1S/C12H19N3/c1-2-14-12-5-7-15(10-12)9-11-4-3-6-13-8-11/h3-4,6,8,12,14H,2,5,7,9-10H2,1H3. The number of likely N-dealkylation sites (tertiary alicyclic amines) is 1. The quantitative estimate of drug-likeness (QED) is 0.802. The lowest BCUT2D eigenvalue weighted by Gasteiger charge is -2.15. The maximum absolute atomic E-state index is 4.14. The van der Waals surface area contributed by atoms with Crippen LogP contribution in [0.3, 0.4) is 0 Å². The average molecular weight is 205 g/mol.